The topological polar surface area (TPSA) is 15.3 Å². The Balaban J connectivity index is 2.53. The minimum atomic E-state index is 1.08. The average Bonchev–Trinajstić information content (AvgIpc) is 2.26. The molecule has 1 N–H and O–H groups in total. The van der Waals surface area contributed by atoms with Crippen molar-refractivity contribution in [3.63, 3.8) is 0 Å². The predicted octanol–water partition coefficient (Wildman–Crippen LogP) is 2.43. The fraction of sp³-hybridized carbons (Fsp3) is 0.538. The molecular formula is C13H22N2. The van der Waals surface area contributed by atoms with Crippen LogP contribution in [0.1, 0.15) is 18.9 Å². The van der Waals surface area contributed by atoms with Gasteiger partial charge in [-0.1, -0.05) is 17.7 Å². The molecule has 0 saturated heterocycles. The van der Waals surface area contributed by atoms with Crippen LogP contribution in [-0.4, -0.2) is 26.7 Å². The van der Waals surface area contributed by atoms with E-state index in [1.54, 1.807) is 0 Å². The normalized spacial score (nSPS) is 10.3. The minimum absolute atomic E-state index is 1.08. The van der Waals surface area contributed by atoms with E-state index < -0.39 is 0 Å². The molecule has 1 aromatic rings. The third kappa shape index (κ3) is 3.92. The Morgan fingerprint density at radius 1 is 1.20 bits per heavy atom. The fourth-order valence-electron chi connectivity index (χ4n) is 1.67. The summed E-state index contributed by atoms with van der Waals surface area (Å²) in [5.41, 5.74) is 2.66. The van der Waals surface area contributed by atoms with Crippen LogP contribution in [0.25, 0.3) is 0 Å². The highest BCUT2D eigenvalue weighted by molar-refractivity contribution is 5.47. The monoisotopic (exact) mass is 206 g/mol. The van der Waals surface area contributed by atoms with Crippen molar-refractivity contribution in [2.24, 2.45) is 0 Å². The van der Waals surface area contributed by atoms with Gasteiger partial charge in [0, 0.05) is 18.8 Å². The molecule has 0 bridgehead atoms. The highest BCUT2D eigenvalue weighted by atomic mass is 15.1. The van der Waals surface area contributed by atoms with E-state index in [0.717, 1.165) is 19.6 Å². The van der Waals surface area contributed by atoms with Crippen molar-refractivity contribution in [3.05, 3.63) is 29.8 Å². The molecule has 0 atom stereocenters. The molecule has 0 unspecified atom stereocenters. The summed E-state index contributed by atoms with van der Waals surface area (Å²) < 4.78 is 0. The first kappa shape index (κ1) is 12.1. The number of anilines is 1. The Morgan fingerprint density at radius 3 is 2.40 bits per heavy atom. The lowest BCUT2D eigenvalue weighted by Gasteiger charge is -2.23. The lowest BCUT2D eigenvalue weighted by molar-refractivity contribution is 0.693. The van der Waals surface area contributed by atoms with Gasteiger partial charge in [0.1, 0.15) is 0 Å². The third-order valence-electron chi connectivity index (χ3n) is 2.64. The first-order valence-corrected chi connectivity index (χ1v) is 5.74. The highest BCUT2D eigenvalue weighted by Gasteiger charge is 2.02. The van der Waals surface area contributed by atoms with Crippen molar-refractivity contribution < 1.29 is 0 Å². The summed E-state index contributed by atoms with van der Waals surface area (Å²) in [4.78, 5) is 2.41. The number of nitrogens with one attached hydrogen (secondary N) is 1. The van der Waals surface area contributed by atoms with Crippen molar-refractivity contribution in [2.45, 2.75) is 20.3 Å². The third-order valence-corrected chi connectivity index (χ3v) is 2.64. The molecule has 1 aromatic carbocycles. The zero-order valence-corrected chi connectivity index (χ0v) is 10.1. The number of hydrogen-bond acceptors (Lipinski definition) is 2. The Bertz CT molecular complexity index is 266. The highest BCUT2D eigenvalue weighted by Crippen LogP contribution is 2.14. The van der Waals surface area contributed by atoms with Crippen molar-refractivity contribution >= 4 is 5.69 Å². The summed E-state index contributed by atoms with van der Waals surface area (Å²) in [7, 11) is 2.00. The molecule has 0 aromatic heterocycles. The van der Waals surface area contributed by atoms with Gasteiger partial charge in [0.25, 0.3) is 0 Å². The van der Waals surface area contributed by atoms with Crippen LogP contribution < -0.4 is 10.2 Å². The van der Waals surface area contributed by atoms with Crippen LogP contribution >= 0.6 is 0 Å². The second-order valence-electron chi connectivity index (χ2n) is 3.87. The SMILES string of the molecule is CCN(CCCNC)c1ccc(C)cc1. The van der Waals surface area contributed by atoms with Crippen molar-refractivity contribution in [1.82, 2.24) is 5.32 Å². The van der Waals surface area contributed by atoms with Crippen LogP contribution in [0, 0.1) is 6.92 Å². The first-order valence-electron chi connectivity index (χ1n) is 5.74. The van der Waals surface area contributed by atoms with Crippen LogP contribution in [0.5, 0.6) is 0 Å². The molecule has 0 amide bonds. The van der Waals surface area contributed by atoms with E-state index in [9.17, 15) is 0 Å². The second kappa shape index (κ2) is 6.46. The maximum atomic E-state index is 3.18. The molecule has 0 fully saturated rings. The van der Waals surface area contributed by atoms with E-state index in [1.807, 2.05) is 7.05 Å². The molecule has 0 aliphatic rings. The van der Waals surface area contributed by atoms with Gasteiger partial charge in [0.15, 0.2) is 0 Å². The Kier molecular flexibility index (Phi) is 5.19. The lowest BCUT2D eigenvalue weighted by atomic mass is 10.2. The first-order chi connectivity index (χ1) is 7.27. The average molecular weight is 206 g/mol. The largest absolute Gasteiger partial charge is 0.372 e. The molecule has 0 saturated carbocycles. The van der Waals surface area contributed by atoms with Gasteiger partial charge in [-0.3, -0.25) is 0 Å². The summed E-state index contributed by atoms with van der Waals surface area (Å²) in [6.07, 6.45) is 1.19. The standard InChI is InChI=1S/C13H22N2/c1-4-15(11-5-10-14-3)13-8-6-12(2)7-9-13/h6-9,14H,4-5,10-11H2,1-3H3. The van der Waals surface area contributed by atoms with Crippen molar-refractivity contribution in [2.75, 3.05) is 31.6 Å². The Hall–Kier alpha value is -1.02. The van der Waals surface area contributed by atoms with Gasteiger partial charge in [-0.25, -0.2) is 0 Å². The van der Waals surface area contributed by atoms with Gasteiger partial charge in [-0.2, -0.15) is 0 Å². The number of aryl methyl sites for hydroxylation is 1. The van der Waals surface area contributed by atoms with Gasteiger partial charge in [0.05, 0.1) is 0 Å². The van der Waals surface area contributed by atoms with Crippen LogP contribution in [0.2, 0.25) is 0 Å². The van der Waals surface area contributed by atoms with E-state index in [2.05, 4.69) is 48.3 Å². The second-order valence-corrected chi connectivity index (χ2v) is 3.87. The molecule has 0 heterocycles. The maximum Gasteiger partial charge on any atom is 0.0366 e. The molecule has 2 nitrogen and oxygen atoms in total. The molecule has 0 aliphatic carbocycles. The van der Waals surface area contributed by atoms with Crippen molar-refractivity contribution in [1.29, 1.82) is 0 Å². The Morgan fingerprint density at radius 2 is 1.87 bits per heavy atom. The molecule has 0 radical (unpaired) electrons. The van der Waals surface area contributed by atoms with E-state index in [0.29, 0.717) is 0 Å². The van der Waals surface area contributed by atoms with Crippen LogP contribution in [-0.2, 0) is 0 Å². The van der Waals surface area contributed by atoms with Gasteiger partial charge >= 0.3 is 0 Å². The van der Waals surface area contributed by atoms with Gasteiger partial charge in [-0.05, 0) is 46.0 Å². The zero-order chi connectivity index (χ0) is 11.1. The quantitative estimate of drug-likeness (QED) is 0.719. The summed E-state index contributed by atoms with van der Waals surface area (Å²) in [5, 5.41) is 3.18. The predicted molar refractivity (Wildman–Crippen MR) is 67.6 cm³/mol. The van der Waals surface area contributed by atoms with Crippen LogP contribution in [0.15, 0.2) is 24.3 Å². The number of hydrogen-bond donors (Lipinski definition) is 1. The number of benzene rings is 1. The number of nitrogens with zero attached hydrogens (tertiary/aromatic N) is 1. The zero-order valence-electron chi connectivity index (χ0n) is 10.1. The van der Waals surface area contributed by atoms with Gasteiger partial charge in [-0.15, -0.1) is 0 Å². The maximum absolute atomic E-state index is 3.18. The summed E-state index contributed by atoms with van der Waals surface area (Å²) in [6, 6.07) is 8.77. The molecule has 0 aliphatic heterocycles. The van der Waals surface area contributed by atoms with Gasteiger partial charge in [0.2, 0.25) is 0 Å². The molecule has 1 rings (SSSR count). The van der Waals surface area contributed by atoms with E-state index in [1.165, 1.54) is 17.7 Å². The lowest BCUT2D eigenvalue weighted by Crippen LogP contribution is -2.26. The smallest absolute Gasteiger partial charge is 0.0366 e. The molecule has 2 heteroatoms. The summed E-state index contributed by atoms with van der Waals surface area (Å²) >= 11 is 0. The van der Waals surface area contributed by atoms with Crippen LogP contribution in [0.3, 0.4) is 0 Å². The van der Waals surface area contributed by atoms with E-state index >= 15 is 0 Å². The molecule has 15 heavy (non-hydrogen) atoms. The fourth-order valence-corrected chi connectivity index (χ4v) is 1.67. The summed E-state index contributed by atoms with van der Waals surface area (Å²) in [6.45, 7) is 7.62. The van der Waals surface area contributed by atoms with Crippen molar-refractivity contribution in [3.8, 4) is 0 Å². The van der Waals surface area contributed by atoms with E-state index in [-0.39, 0.29) is 0 Å². The molecule has 0 spiro atoms. The van der Waals surface area contributed by atoms with Gasteiger partial charge < -0.3 is 10.2 Å². The molecular weight excluding hydrogens is 184 g/mol. The number of rotatable bonds is 6. The minimum Gasteiger partial charge on any atom is -0.372 e. The molecule has 84 valence electrons. The summed E-state index contributed by atoms with van der Waals surface area (Å²) in [5.74, 6) is 0. The van der Waals surface area contributed by atoms with E-state index in [4.69, 9.17) is 0 Å². The van der Waals surface area contributed by atoms with Crippen LogP contribution in [0.4, 0.5) is 5.69 Å². The Labute approximate surface area is 93.3 Å².